The predicted molar refractivity (Wildman–Crippen MR) is 135 cm³/mol. The molecule has 0 bridgehead atoms. The fourth-order valence-corrected chi connectivity index (χ4v) is 5.05. The second-order valence-corrected chi connectivity index (χ2v) is 9.85. The molecule has 35 heavy (non-hydrogen) atoms. The van der Waals surface area contributed by atoms with Crippen LogP contribution in [0.4, 0.5) is 4.39 Å². The number of nitrogens with zero attached hydrogens (tertiary/aromatic N) is 1. The van der Waals surface area contributed by atoms with E-state index in [1.54, 1.807) is 17.6 Å². The highest BCUT2D eigenvalue weighted by Gasteiger charge is 2.39. The highest BCUT2D eigenvalue weighted by atomic mass is 19.1. The lowest BCUT2D eigenvalue weighted by atomic mass is 9.99. The minimum Gasteiger partial charge on any atom is -0.313 e. The molecular weight excluding hydrogens is 441 g/mol. The first-order chi connectivity index (χ1) is 17.1. The van der Waals surface area contributed by atoms with Crippen LogP contribution in [0.5, 0.6) is 0 Å². The minimum absolute atomic E-state index is 0.203. The van der Waals surface area contributed by atoms with Crippen LogP contribution in [-0.2, 0) is 6.42 Å². The van der Waals surface area contributed by atoms with E-state index in [2.05, 4.69) is 34.5 Å². The summed E-state index contributed by atoms with van der Waals surface area (Å²) in [5, 5.41) is 12.4. The number of amides is 1. The van der Waals surface area contributed by atoms with E-state index >= 15 is 0 Å². The number of benzene rings is 3. The number of hydrogen-bond acceptors (Lipinski definition) is 4. The van der Waals surface area contributed by atoms with Crippen molar-refractivity contribution in [2.24, 2.45) is 5.92 Å². The molecule has 1 heterocycles. The number of carbonyl (C=O) groups is 1. The van der Waals surface area contributed by atoms with Gasteiger partial charge in [-0.15, -0.1) is 0 Å². The van der Waals surface area contributed by atoms with Gasteiger partial charge in [0.1, 0.15) is 5.82 Å². The number of nitrogens with one attached hydrogen (secondary N) is 2. The first-order valence-electron chi connectivity index (χ1n) is 12.4. The molecule has 1 amide bonds. The van der Waals surface area contributed by atoms with E-state index in [9.17, 15) is 9.18 Å². The van der Waals surface area contributed by atoms with Gasteiger partial charge in [-0.3, -0.25) is 10.0 Å². The van der Waals surface area contributed by atoms with Gasteiger partial charge in [0.05, 0.1) is 0 Å². The Balaban J connectivity index is 0.970. The molecule has 0 spiro atoms. The first-order valence-corrected chi connectivity index (χ1v) is 12.4. The van der Waals surface area contributed by atoms with E-state index < -0.39 is 5.91 Å². The predicted octanol–water partition coefficient (Wildman–Crippen LogP) is 4.62. The third-order valence-corrected chi connectivity index (χ3v) is 7.27. The van der Waals surface area contributed by atoms with E-state index in [1.807, 2.05) is 24.3 Å². The normalized spacial score (nSPS) is 19.8. The van der Waals surface area contributed by atoms with Gasteiger partial charge in [-0.25, -0.2) is 9.87 Å². The summed E-state index contributed by atoms with van der Waals surface area (Å²) in [4.78, 5) is 13.9. The van der Waals surface area contributed by atoms with Crippen molar-refractivity contribution in [2.75, 3.05) is 26.2 Å². The molecule has 2 fully saturated rings. The molecule has 5 rings (SSSR count). The Labute approximate surface area is 205 Å². The van der Waals surface area contributed by atoms with Gasteiger partial charge in [0, 0.05) is 37.2 Å². The molecule has 1 saturated carbocycles. The maximum atomic E-state index is 13.1. The number of carbonyl (C=O) groups excluding carboxylic acids is 1. The largest absolute Gasteiger partial charge is 0.313 e. The van der Waals surface area contributed by atoms with E-state index in [4.69, 9.17) is 5.21 Å². The second-order valence-electron chi connectivity index (χ2n) is 9.85. The minimum atomic E-state index is -0.478. The molecule has 2 unspecified atom stereocenters. The quantitative estimate of drug-likeness (QED) is 0.297. The molecule has 182 valence electrons. The zero-order valence-corrected chi connectivity index (χ0v) is 19.8. The lowest BCUT2D eigenvalue weighted by molar-refractivity contribution is 0.0706. The number of halogens is 1. The molecule has 2 atom stereocenters. The molecule has 1 saturated heterocycles. The fraction of sp³-hybridized carbons (Fsp3) is 0.345. The molecule has 2 aliphatic rings. The van der Waals surface area contributed by atoms with Crippen LogP contribution in [-0.4, -0.2) is 48.2 Å². The molecular formula is C29H32FN3O2. The molecule has 3 N–H and O–H groups in total. The van der Waals surface area contributed by atoms with Crippen molar-refractivity contribution in [1.29, 1.82) is 0 Å². The summed E-state index contributed by atoms with van der Waals surface area (Å²) in [6.07, 6.45) is 3.29. The third kappa shape index (κ3) is 5.96. The van der Waals surface area contributed by atoms with E-state index in [-0.39, 0.29) is 5.82 Å². The monoisotopic (exact) mass is 473 g/mol. The van der Waals surface area contributed by atoms with Crippen LogP contribution in [0.15, 0.2) is 72.8 Å². The maximum Gasteiger partial charge on any atom is 0.274 e. The van der Waals surface area contributed by atoms with Gasteiger partial charge in [0.25, 0.3) is 5.91 Å². The summed E-state index contributed by atoms with van der Waals surface area (Å²) >= 11 is 0. The SMILES string of the molecule is O=C(NO)c1ccc(CCCN2CC(CNC3CC3c3ccc(-c4ccc(F)cc4)cc3)C2)cc1. The van der Waals surface area contributed by atoms with Gasteiger partial charge in [-0.05, 0) is 78.2 Å². The van der Waals surface area contributed by atoms with E-state index in [1.165, 1.54) is 29.7 Å². The zero-order chi connectivity index (χ0) is 24.2. The van der Waals surface area contributed by atoms with Crippen LogP contribution < -0.4 is 10.8 Å². The highest BCUT2D eigenvalue weighted by molar-refractivity contribution is 5.93. The molecule has 1 aliphatic heterocycles. The third-order valence-electron chi connectivity index (χ3n) is 7.27. The van der Waals surface area contributed by atoms with Gasteiger partial charge in [-0.2, -0.15) is 0 Å². The topological polar surface area (TPSA) is 64.6 Å². The Morgan fingerprint density at radius 3 is 2.26 bits per heavy atom. The number of likely N-dealkylation sites (tertiary alicyclic amines) is 1. The van der Waals surface area contributed by atoms with E-state index in [0.29, 0.717) is 17.5 Å². The second kappa shape index (κ2) is 10.7. The van der Waals surface area contributed by atoms with Crippen molar-refractivity contribution >= 4 is 5.91 Å². The molecule has 1 aliphatic carbocycles. The van der Waals surface area contributed by atoms with Gasteiger partial charge < -0.3 is 10.2 Å². The molecule has 6 heteroatoms. The standard InChI is InChI=1S/C29H32FN3O2/c30-26-13-11-23(12-14-26)22-7-9-24(10-8-22)27-16-28(27)31-17-21-18-33(19-21)15-1-2-20-3-5-25(6-4-20)29(34)32-35/h3-14,21,27-28,31,35H,1-2,15-19H2,(H,32,34). The maximum absolute atomic E-state index is 13.1. The summed E-state index contributed by atoms with van der Waals surface area (Å²) in [5.41, 5.74) is 6.89. The van der Waals surface area contributed by atoms with Crippen molar-refractivity contribution in [1.82, 2.24) is 15.7 Å². The van der Waals surface area contributed by atoms with Crippen LogP contribution in [0, 0.1) is 11.7 Å². The van der Waals surface area contributed by atoms with Gasteiger partial charge in [0.15, 0.2) is 0 Å². The summed E-state index contributed by atoms with van der Waals surface area (Å²) in [5.74, 6) is 0.650. The highest BCUT2D eigenvalue weighted by Crippen LogP contribution is 2.41. The number of aryl methyl sites for hydroxylation is 1. The van der Waals surface area contributed by atoms with Crippen LogP contribution >= 0.6 is 0 Å². The molecule has 0 aromatic heterocycles. The Hall–Kier alpha value is -3.06. The van der Waals surface area contributed by atoms with Crippen molar-refractivity contribution in [2.45, 2.75) is 31.2 Å². The molecule has 3 aromatic rings. The smallest absolute Gasteiger partial charge is 0.274 e. The summed E-state index contributed by atoms with van der Waals surface area (Å²) in [6.45, 7) is 4.50. The Morgan fingerprint density at radius 1 is 0.943 bits per heavy atom. The summed E-state index contributed by atoms with van der Waals surface area (Å²) in [6, 6.07) is 23.4. The molecule has 5 nitrogen and oxygen atoms in total. The van der Waals surface area contributed by atoms with Crippen molar-refractivity contribution in [3.8, 4) is 11.1 Å². The van der Waals surface area contributed by atoms with Gasteiger partial charge in [-0.1, -0.05) is 48.5 Å². The Bertz CT molecular complexity index is 1130. The fourth-order valence-electron chi connectivity index (χ4n) is 5.05. The van der Waals surface area contributed by atoms with Gasteiger partial charge >= 0.3 is 0 Å². The number of hydroxylamine groups is 1. The van der Waals surface area contributed by atoms with Crippen molar-refractivity contribution < 1.29 is 14.4 Å². The summed E-state index contributed by atoms with van der Waals surface area (Å²) < 4.78 is 13.1. The molecule has 3 aromatic carbocycles. The zero-order valence-electron chi connectivity index (χ0n) is 19.8. The molecule has 0 radical (unpaired) electrons. The van der Waals surface area contributed by atoms with Crippen molar-refractivity contribution in [3.05, 3.63) is 95.3 Å². The van der Waals surface area contributed by atoms with Crippen LogP contribution in [0.3, 0.4) is 0 Å². The Morgan fingerprint density at radius 2 is 1.60 bits per heavy atom. The first kappa shape index (κ1) is 23.7. The lowest BCUT2D eigenvalue weighted by Crippen LogP contribution is -2.51. The Kier molecular flexibility index (Phi) is 7.23. The average molecular weight is 474 g/mol. The lowest BCUT2D eigenvalue weighted by Gasteiger charge is -2.39. The van der Waals surface area contributed by atoms with Gasteiger partial charge in [0.2, 0.25) is 0 Å². The van der Waals surface area contributed by atoms with Crippen LogP contribution in [0.25, 0.3) is 11.1 Å². The van der Waals surface area contributed by atoms with Crippen LogP contribution in [0.1, 0.15) is 40.2 Å². The van der Waals surface area contributed by atoms with Crippen molar-refractivity contribution in [3.63, 3.8) is 0 Å². The average Bonchev–Trinajstić information content (AvgIpc) is 3.65. The number of hydrogen-bond donors (Lipinski definition) is 3. The summed E-state index contributed by atoms with van der Waals surface area (Å²) in [7, 11) is 0. The van der Waals surface area contributed by atoms with Crippen LogP contribution in [0.2, 0.25) is 0 Å². The number of rotatable bonds is 10. The van der Waals surface area contributed by atoms with E-state index in [0.717, 1.165) is 56.1 Å².